The van der Waals surface area contributed by atoms with Gasteiger partial charge in [-0.1, -0.05) is 0 Å². The molecule has 154 valence electrons. The van der Waals surface area contributed by atoms with Gasteiger partial charge in [0.2, 0.25) is 0 Å². The van der Waals surface area contributed by atoms with Crippen molar-refractivity contribution in [2.45, 2.75) is 58.1 Å². The van der Waals surface area contributed by atoms with Crippen LogP contribution in [0.25, 0.3) is 0 Å². The maximum Gasteiger partial charge on any atom is 0.412 e. The van der Waals surface area contributed by atoms with E-state index in [1.807, 2.05) is 0 Å². The summed E-state index contributed by atoms with van der Waals surface area (Å²) in [7, 11) is -7.55. The minimum absolute atomic E-state index is 0.403. The molecule has 2 unspecified atom stereocenters. The van der Waals surface area contributed by atoms with E-state index >= 15 is 0 Å². The third-order valence-electron chi connectivity index (χ3n) is 3.27. The first-order valence-corrected chi connectivity index (χ1v) is 11.4. The van der Waals surface area contributed by atoms with Gasteiger partial charge >= 0.3 is 6.09 Å². The molecule has 12 heteroatoms. The molecule has 1 amide bonds. The highest BCUT2D eigenvalue weighted by Crippen LogP contribution is 2.34. The summed E-state index contributed by atoms with van der Waals surface area (Å²) in [5, 5.41) is 0. The SMILES string of the molecule is CC(C)(C)OC(=O)N1C(COS(C)(=O)=O)C(COS(C)(=O)=O)OC1(C)C. The zero-order chi connectivity index (χ0) is 20.6. The van der Waals surface area contributed by atoms with Gasteiger partial charge in [-0.25, -0.2) is 4.79 Å². The molecule has 0 aliphatic carbocycles. The number of carbonyl (C=O) groups is 1. The highest BCUT2D eigenvalue weighted by atomic mass is 32.2. The molecule has 1 saturated heterocycles. The van der Waals surface area contributed by atoms with Crippen LogP contribution >= 0.6 is 0 Å². The van der Waals surface area contributed by atoms with Gasteiger partial charge in [-0.05, 0) is 34.6 Å². The summed E-state index contributed by atoms with van der Waals surface area (Å²) in [4.78, 5) is 13.8. The van der Waals surface area contributed by atoms with Crippen LogP contribution in [0.4, 0.5) is 4.79 Å². The van der Waals surface area contributed by atoms with Gasteiger partial charge in [0.25, 0.3) is 20.2 Å². The predicted octanol–water partition coefficient (Wildman–Crippen LogP) is 0.679. The smallest absolute Gasteiger partial charge is 0.412 e. The van der Waals surface area contributed by atoms with Crippen LogP contribution in [-0.4, -0.2) is 77.0 Å². The van der Waals surface area contributed by atoms with Gasteiger partial charge < -0.3 is 9.47 Å². The van der Waals surface area contributed by atoms with E-state index in [0.717, 1.165) is 12.5 Å². The van der Waals surface area contributed by atoms with E-state index in [0.29, 0.717) is 0 Å². The first-order chi connectivity index (χ1) is 11.4. The Balaban J connectivity index is 3.13. The zero-order valence-corrected chi connectivity index (χ0v) is 17.6. The van der Waals surface area contributed by atoms with Gasteiger partial charge in [0.1, 0.15) is 17.4 Å². The Kier molecular flexibility index (Phi) is 6.73. The van der Waals surface area contributed by atoms with E-state index in [-0.39, 0.29) is 0 Å². The van der Waals surface area contributed by atoms with Gasteiger partial charge in [0.15, 0.2) is 0 Å². The third-order valence-corrected chi connectivity index (χ3v) is 4.40. The first-order valence-electron chi connectivity index (χ1n) is 7.80. The Hall–Kier alpha value is -0.950. The Bertz CT molecular complexity index is 722. The number of ether oxygens (including phenoxy) is 2. The van der Waals surface area contributed by atoms with Gasteiger partial charge in [-0.2, -0.15) is 16.8 Å². The van der Waals surface area contributed by atoms with Crippen LogP contribution in [0.1, 0.15) is 34.6 Å². The van der Waals surface area contributed by atoms with Gasteiger partial charge in [0.05, 0.1) is 31.8 Å². The summed E-state index contributed by atoms with van der Waals surface area (Å²) in [5.41, 5.74) is -1.99. The molecule has 1 aliphatic heterocycles. The summed E-state index contributed by atoms with van der Waals surface area (Å²) in [6.45, 7) is 7.36. The van der Waals surface area contributed by atoms with E-state index in [1.165, 1.54) is 4.90 Å². The molecular formula is C14H27NO9S2. The zero-order valence-electron chi connectivity index (χ0n) is 16.0. The lowest BCUT2D eigenvalue weighted by molar-refractivity contribution is -0.0846. The fourth-order valence-corrected chi connectivity index (χ4v) is 3.22. The highest BCUT2D eigenvalue weighted by molar-refractivity contribution is 7.86. The number of amides is 1. The van der Waals surface area contributed by atoms with Crippen LogP contribution in [0.15, 0.2) is 0 Å². The first kappa shape index (κ1) is 23.1. The summed E-state index contributed by atoms with van der Waals surface area (Å²) in [6.07, 6.45) is 0.0644. The van der Waals surface area contributed by atoms with Crippen molar-refractivity contribution in [3.05, 3.63) is 0 Å². The molecule has 1 rings (SSSR count). The quantitative estimate of drug-likeness (QED) is 0.573. The Labute approximate surface area is 155 Å². The van der Waals surface area contributed by atoms with Crippen LogP contribution in [-0.2, 0) is 38.1 Å². The average molecular weight is 418 g/mol. The maximum absolute atomic E-state index is 12.6. The van der Waals surface area contributed by atoms with E-state index in [1.54, 1.807) is 34.6 Å². The molecule has 1 aliphatic rings. The minimum Gasteiger partial charge on any atom is -0.444 e. The lowest BCUT2D eigenvalue weighted by Crippen LogP contribution is -2.52. The van der Waals surface area contributed by atoms with Crippen LogP contribution in [0.3, 0.4) is 0 Å². The van der Waals surface area contributed by atoms with Crippen LogP contribution < -0.4 is 0 Å². The summed E-state index contributed by atoms with van der Waals surface area (Å²) in [6, 6.07) is -0.934. The number of rotatable bonds is 6. The molecule has 0 N–H and O–H groups in total. The lowest BCUT2D eigenvalue weighted by Gasteiger charge is -2.34. The molecule has 0 radical (unpaired) electrons. The predicted molar refractivity (Wildman–Crippen MR) is 92.4 cm³/mol. The lowest BCUT2D eigenvalue weighted by atomic mass is 10.1. The fraction of sp³-hybridized carbons (Fsp3) is 0.929. The Morgan fingerprint density at radius 2 is 1.50 bits per heavy atom. The standard InChI is InChI=1S/C14H27NO9S2/c1-13(2,3)24-12(16)15-10(8-21-25(6,17)18)11(23-14(15,4)5)9-22-26(7,19)20/h10-11H,8-9H2,1-7H3. The Morgan fingerprint density at radius 3 is 1.92 bits per heavy atom. The molecule has 1 fully saturated rings. The molecule has 1 heterocycles. The van der Waals surface area contributed by atoms with Crippen molar-refractivity contribution in [3.63, 3.8) is 0 Å². The molecule has 0 aromatic heterocycles. The van der Waals surface area contributed by atoms with E-state index in [2.05, 4.69) is 0 Å². The number of hydrogen-bond donors (Lipinski definition) is 0. The molecule has 0 saturated carbocycles. The maximum atomic E-state index is 12.6. The average Bonchev–Trinajstić information content (AvgIpc) is 2.60. The highest BCUT2D eigenvalue weighted by Gasteiger charge is 2.52. The Morgan fingerprint density at radius 1 is 1.04 bits per heavy atom. The van der Waals surface area contributed by atoms with Crippen molar-refractivity contribution in [1.82, 2.24) is 4.90 Å². The molecule has 26 heavy (non-hydrogen) atoms. The summed E-state index contributed by atoms with van der Waals surface area (Å²) < 4.78 is 65.9. The van der Waals surface area contributed by atoms with Crippen molar-refractivity contribution in [3.8, 4) is 0 Å². The fourth-order valence-electron chi connectivity index (χ4n) is 2.45. The van der Waals surface area contributed by atoms with Gasteiger partial charge in [0, 0.05) is 0 Å². The van der Waals surface area contributed by atoms with Crippen LogP contribution in [0, 0.1) is 0 Å². The van der Waals surface area contributed by atoms with Gasteiger partial charge in [-0.15, -0.1) is 0 Å². The van der Waals surface area contributed by atoms with Crippen LogP contribution in [0.2, 0.25) is 0 Å². The third kappa shape index (κ3) is 7.35. The number of hydrogen-bond acceptors (Lipinski definition) is 9. The van der Waals surface area contributed by atoms with Crippen molar-refractivity contribution in [2.24, 2.45) is 0 Å². The minimum atomic E-state index is -3.79. The molecular weight excluding hydrogens is 390 g/mol. The largest absolute Gasteiger partial charge is 0.444 e. The molecule has 0 spiro atoms. The van der Waals surface area contributed by atoms with Crippen molar-refractivity contribution < 1.29 is 39.5 Å². The molecule has 10 nitrogen and oxygen atoms in total. The number of carbonyl (C=O) groups excluding carboxylic acids is 1. The van der Waals surface area contributed by atoms with E-state index in [4.69, 9.17) is 17.8 Å². The summed E-state index contributed by atoms with van der Waals surface area (Å²) in [5.74, 6) is 0. The van der Waals surface area contributed by atoms with Crippen LogP contribution in [0.5, 0.6) is 0 Å². The van der Waals surface area contributed by atoms with Gasteiger partial charge in [-0.3, -0.25) is 13.3 Å². The molecule has 0 aromatic rings. The molecule has 2 atom stereocenters. The van der Waals surface area contributed by atoms with E-state index in [9.17, 15) is 21.6 Å². The normalized spacial score (nSPS) is 23.9. The second-order valence-corrected chi connectivity index (χ2v) is 10.8. The summed E-state index contributed by atoms with van der Waals surface area (Å²) >= 11 is 0. The van der Waals surface area contributed by atoms with E-state index < -0.39 is 63.0 Å². The van der Waals surface area contributed by atoms with Crippen molar-refractivity contribution in [2.75, 3.05) is 25.7 Å². The van der Waals surface area contributed by atoms with Crippen molar-refractivity contribution in [1.29, 1.82) is 0 Å². The second kappa shape index (κ2) is 7.58. The second-order valence-electron chi connectivity index (χ2n) is 7.50. The van der Waals surface area contributed by atoms with Crippen molar-refractivity contribution >= 4 is 26.3 Å². The topological polar surface area (TPSA) is 126 Å². The molecule has 0 bridgehead atoms. The molecule has 0 aromatic carbocycles. The number of nitrogens with zero attached hydrogens (tertiary/aromatic N) is 1. The monoisotopic (exact) mass is 417 g/mol.